The molecule has 3 heteroatoms. The van der Waals surface area contributed by atoms with Gasteiger partial charge < -0.3 is 4.57 Å². The van der Waals surface area contributed by atoms with Crippen LogP contribution in [-0.4, -0.2) is 14.5 Å². The van der Waals surface area contributed by atoms with E-state index in [9.17, 15) is 0 Å². The molecule has 46 heavy (non-hydrogen) atoms. The van der Waals surface area contributed by atoms with Gasteiger partial charge in [0.15, 0.2) is 5.82 Å². The first-order valence-corrected chi connectivity index (χ1v) is 15.9. The SMILES string of the molecule is CC1(C)c2ccccc2-c2c1ccc1c2c2ccccc2n1-c1ccc(-c2cc(-c3ccccc3)nc(-c3ccccc3)n2)cc1. The van der Waals surface area contributed by atoms with Gasteiger partial charge in [0.25, 0.3) is 0 Å². The van der Waals surface area contributed by atoms with Gasteiger partial charge in [-0.15, -0.1) is 0 Å². The minimum absolute atomic E-state index is 0.0419. The summed E-state index contributed by atoms with van der Waals surface area (Å²) in [7, 11) is 0. The summed E-state index contributed by atoms with van der Waals surface area (Å²) in [6.07, 6.45) is 0. The van der Waals surface area contributed by atoms with Gasteiger partial charge in [0.2, 0.25) is 0 Å². The van der Waals surface area contributed by atoms with Crippen LogP contribution in [0.4, 0.5) is 0 Å². The van der Waals surface area contributed by atoms with Gasteiger partial charge in [0, 0.05) is 38.6 Å². The Kier molecular flexibility index (Phi) is 5.85. The van der Waals surface area contributed by atoms with Crippen LogP contribution in [0.2, 0.25) is 0 Å². The molecule has 1 aliphatic rings. The number of hydrogen-bond acceptors (Lipinski definition) is 2. The zero-order valence-corrected chi connectivity index (χ0v) is 25.8. The highest BCUT2D eigenvalue weighted by Crippen LogP contribution is 2.53. The molecule has 0 unspecified atom stereocenters. The van der Waals surface area contributed by atoms with Gasteiger partial charge in [0.05, 0.1) is 22.4 Å². The molecule has 0 spiro atoms. The lowest BCUT2D eigenvalue weighted by atomic mass is 9.82. The van der Waals surface area contributed by atoms with Crippen LogP contribution in [0.3, 0.4) is 0 Å². The first kappa shape index (κ1) is 26.6. The maximum Gasteiger partial charge on any atom is 0.160 e. The molecule has 0 atom stereocenters. The van der Waals surface area contributed by atoms with Crippen LogP contribution in [0.15, 0.2) is 152 Å². The molecule has 0 bridgehead atoms. The van der Waals surface area contributed by atoms with Gasteiger partial charge in [-0.05, 0) is 52.6 Å². The third-order valence-electron chi connectivity index (χ3n) is 9.63. The van der Waals surface area contributed by atoms with Gasteiger partial charge in [-0.1, -0.05) is 135 Å². The highest BCUT2D eigenvalue weighted by atomic mass is 15.0. The Bertz CT molecular complexity index is 2360. The number of rotatable bonds is 4. The summed E-state index contributed by atoms with van der Waals surface area (Å²) >= 11 is 0. The van der Waals surface area contributed by atoms with Crippen LogP contribution in [-0.2, 0) is 5.41 Å². The molecule has 0 N–H and O–H groups in total. The second kappa shape index (κ2) is 10.1. The van der Waals surface area contributed by atoms with Crippen molar-refractivity contribution in [2.45, 2.75) is 19.3 Å². The molecule has 2 heterocycles. The summed E-state index contributed by atoms with van der Waals surface area (Å²) in [5, 5.41) is 2.60. The van der Waals surface area contributed by atoms with Crippen molar-refractivity contribution in [2.24, 2.45) is 0 Å². The lowest BCUT2D eigenvalue weighted by Crippen LogP contribution is -2.14. The van der Waals surface area contributed by atoms with E-state index < -0.39 is 0 Å². The van der Waals surface area contributed by atoms with Crippen molar-refractivity contribution < 1.29 is 0 Å². The fourth-order valence-corrected chi connectivity index (χ4v) is 7.38. The van der Waals surface area contributed by atoms with Crippen molar-refractivity contribution in [3.8, 4) is 50.7 Å². The molecular weight excluding hydrogens is 558 g/mol. The Morgan fingerprint density at radius 1 is 0.500 bits per heavy atom. The van der Waals surface area contributed by atoms with E-state index in [1.165, 1.54) is 44.1 Å². The first-order valence-electron chi connectivity index (χ1n) is 15.9. The maximum absolute atomic E-state index is 5.05. The van der Waals surface area contributed by atoms with Crippen molar-refractivity contribution in [3.05, 3.63) is 163 Å². The van der Waals surface area contributed by atoms with Crippen LogP contribution in [0.5, 0.6) is 0 Å². The fraction of sp³-hybridized carbons (Fsp3) is 0.0698. The predicted octanol–water partition coefficient (Wildman–Crippen LogP) is 10.9. The largest absolute Gasteiger partial charge is 0.309 e. The molecule has 8 aromatic rings. The zero-order valence-electron chi connectivity index (χ0n) is 25.8. The topological polar surface area (TPSA) is 30.7 Å². The van der Waals surface area contributed by atoms with Crippen molar-refractivity contribution in [2.75, 3.05) is 0 Å². The summed E-state index contributed by atoms with van der Waals surface area (Å²) < 4.78 is 2.41. The number of aromatic nitrogens is 3. The summed E-state index contributed by atoms with van der Waals surface area (Å²) in [6.45, 7) is 4.70. The average Bonchev–Trinajstić information content (AvgIpc) is 3.58. The normalized spacial score (nSPS) is 13.2. The third kappa shape index (κ3) is 3.98. The second-order valence-corrected chi connectivity index (χ2v) is 12.6. The van der Waals surface area contributed by atoms with E-state index in [2.05, 4.69) is 146 Å². The van der Waals surface area contributed by atoms with Gasteiger partial charge in [-0.3, -0.25) is 0 Å². The predicted molar refractivity (Wildman–Crippen MR) is 190 cm³/mol. The van der Waals surface area contributed by atoms with Gasteiger partial charge >= 0.3 is 0 Å². The van der Waals surface area contributed by atoms with E-state index in [1.807, 2.05) is 24.3 Å². The Balaban J connectivity index is 1.21. The third-order valence-corrected chi connectivity index (χ3v) is 9.63. The van der Waals surface area contributed by atoms with E-state index in [0.717, 1.165) is 39.6 Å². The summed E-state index contributed by atoms with van der Waals surface area (Å²) in [6, 6.07) is 53.8. The molecule has 2 aromatic heterocycles. The molecule has 0 saturated heterocycles. The first-order chi connectivity index (χ1) is 22.6. The van der Waals surface area contributed by atoms with E-state index in [1.54, 1.807) is 0 Å². The molecule has 0 radical (unpaired) electrons. The number of benzene rings is 6. The van der Waals surface area contributed by atoms with Gasteiger partial charge in [-0.2, -0.15) is 0 Å². The van der Waals surface area contributed by atoms with Crippen LogP contribution in [0.1, 0.15) is 25.0 Å². The van der Waals surface area contributed by atoms with Gasteiger partial charge in [-0.25, -0.2) is 9.97 Å². The molecule has 9 rings (SSSR count). The fourth-order valence-electron chi connectivity index (χ4n) is 7.38. The molecule has 0 aliphatic heterocycles. The summed E-state index contributed by atoms with van der Waals surface area (Å²) in [4.78, 5) is 10.0. The Hall–Kier alpha value is -5.80. The lowest BCUT2D eigenvalue weighted by Gasteiger charge is -2.21. The molecule has 6 aromatic carbocycles. The molecular formula is C43H31N3. The molecule has 1 aliphatic carbocycles. The minimum atomic E-state index is -0.0419. The Morgan fingerprint density at radius 3 is 1.85 bits per heavy atom. The number of hydrogen-bond donors (Lipinski definition) is 0. The number of fused-ring (bicyclic) bond motifs is 7. The molecule has 0 saturated carbocycles. The van der Waals surface area contributed by atoms with Crippen molar-refractivity contribution >= 4 is 21.8 Å². The number of para-hydroxylation sites is 1. The van der Waals surface area contributed by atoms with Crippen LogP contribution in [0, 0.1) is 0 Å². The van der Waals surface area contributed by atoms with Crippen molar-refractivity contribution in [1.29, 1.82) is 0 Å². The number of nitrogens with zero attached hydrogens (tertiary/aromatic N) is 3. The second-order valence-electron chi connectivity index (χ2n) is 12.6. The lowest BCUT2D eigenvalue weighted by molar-refractivity contribution is 0.661. The van der Waals surface area contributed by atoms with Crippen LogP contribution < -0.4 is 0 Å². The van der Waals surface area contributed by atoms with Crippen LogP contribution >= 0.6 is 0 Å². The smallest absolute Gasteiger partial charge is 0.160 e. The van der Waals surface area contributed by atoms with E-state index in [0.29, 0.717) is 0 Å². The van der Waals surface area contributed by atoms with Gasteiger partial charge in [0.1, 0.15) is 0 Å². The van der Waals surface area contributed by atoms with E-state index in [4.69, 9.17) is 9.97 Å². The average molecular weight is 590 g/mol. The maximum atomic E-state index is 5.05. The molecule has 0 fully saturated rings. The molecule has 0 amide bonds. The summed E-state index contributed by atoms with van der Waals surface area (Å²) in [5.41, 5.74) is 14.0. The monoisotopic (exact) mass is 589 g/mol. The van der Waals surface area contributed by atoms with Crippen molar-refractivity contribution in [3.63, 3.8) is 0 Å². The summed E-state index contributed by atoms with van der Waals surface area (Å²) in [5.74, 6) is 0.723. The zero-order chi connectivity index (χ0) is 30.8. The Morgan fingerprint density at radius 2 is 1.11 bits per heavy atom. The van der Waals surface area contributed by atoms with E-state index in [-0.39, 0.29) is 5.41 Å². The molecule has 218 valence electrons. The quantitative estimate of drug-likeness (QED) is 0.204. The minimum Gasteiger partial charge on any atom is -0.309 e. The Labute approximate surface area is 268 Å². The molecule has 3 nitrogen and oxygen atoms in total. The van der Waals surface area contributed by atoms with Crippen LogP contribution in [0.25, 0.3) is 72.5 Å². The van der Waals surface area contributed by atoms with E-state index >= 15 is 0 Å². The van der Waals surface area contributed by atoms with Crippen molar-refractivity contribution in [1.82, 2.24) is 14.5 Å². The standard InChI is InChI=1S/C43H31N3/c1-43(2)34-19-11-9-17-32(34)40-35(43)25-26-39-41(40)33-18-10-12-20-38(33)46(39)31-23-21-29(22-24-31)37-27-36(28-13-5-3-6-14-28)44-42(45-37)30-15-7-4-8-16-30/h3-27H,1-2H3. The highest BCUT2D eigenvalue weighted by Gasteiger charge is 2.37. The highest BCUT2D eigenvalue weighted by molar-refractivity contribution is 6.17.